The van der Waals surface area contributed by atoms with Crippen molar-refractivity contribution in [1.29, 1.82) is 0 Å². The van der Waals surface area contributed by atoms with Gasteiger partial charge in [0.25, 0.3) is 0 Å². The van der Waals surface area contributed by atoms with Crippen LogP contribution in [0, 0.1) is 0 Å². The normalized spacial score (nSPS) is 11.1. The van der Waals surface area contributed by atoms with Gasteiger partial charge in [-0.25, -0.2) is 0 Å². The van der Waals surface area contributed by atoms with Crippen molar-refractivity contribution in [2.75, 3.05) is 0 Å². The largest absolute Gasteiger partial charge is 0.324 e. The van der Waals surface area contributed by atoms with E-state index in [2.05, 4.69) is 40.7 Å². The SMILES string of the molecule is CCc1ccc(CSc2nnc(CN)n2CC)s1. The minimum Gasteiger partial charge on any atom is -0.324 e. The third kappa shape index (κ3) is 2.93. The average Bonchev–Trinajstić information content (AvgIpc) is 3.01. The van der Waals surface area contributed by atoms with E-state index in [1.165, 1.54) is 9.75 Å². The van der Waals surface area contributed by atoms with Crippen LogP contribution in [0.1, 0.15) is 29.4 Å². The lowest BCUT2D eigenvalue weighted by atomic mass is 10.4. The molecular weight excluding hydrogens is 264 g/mol. The second-order valence-corrected chi connectivity index (χ2v) is 6.05. The molecule has 0 saturated heterocycles. The topological polar surface area (TPSA) is 56.7 Å². The second kappa shape index (κ2) is 6.36. The number of nitrogens with two attached hydrogens (primary N) is 1. The first-order valence-electron chi connectivity index (χ1n) is 6.11. The lowest BCUT2D eigenvalue weighted by Crippen LogP contribution is -2.07. The van der Waals surface area contributed by atoms with Crippen molar-refractivity contribution in [2.24, 2.45) is 5.73 Å². The van der Waals surface area contributed by atoms with Crippen LogP contribution in [0.5, 0.6) is 0 Å². The molecule has 2 aromatic heterocycles. The van der Waals surface area contributed by atoms with Crippen LogP contribution in [0.3, 0.4) is 0 Å². The van der Waals surface area contributed by atoms with Crippen molar-refractivity contribution in [3.8, 4) is 0 Å². The zero-order chi connectivity index (χ0) is 13.0. The minimum absolute atomic E-state index is 0.445. The summed E-state index contributed by atoms with van der Waals surface area (Å²) in [4.78, 5) is 2.82. The van der Waals surface area contributed by atoms with Crippen LogP contribution in [-0.2, 0) is 25.3 Å². The molecule has 0 spiro atoms. The Morgan fingerprint density at radius 3 is 2.67 bits per heavy atom. The molecule has 2 aromatic rings. The minimum atomic E-state index is 0.445. The number of hydrogen-bond donors (Lipinski definition) is 1. The average molecular weight is 282 g/mol. The van der Waals surface area contributed by atoms with E-state index in [4.69, 9.17) is 5.73 Å². The lowest BCUT2D eigenvalue weighted by Gasteiger charge is -2.04. The molecule has 0 aromatic carbocycles. The van der Waals surface area contributed by atoms with Gasteiger partial charge in [-0.2, -0.15) is 0 Å². The fourth-order valence-corrected chi connectivity index (χ4v) is 3.74. The summed E-state index contributed by atoms with van der Waals surface area (Å²) in [6, 6.07) is 4.41. The van der Waals surface area contributed by atoms with Crippen molar-refractivity contribution in [3.05, 3.63) is 27.7 Å². The van der Waals surface area contributed by atoms with Gasteiger partial charge >= 0.3 is 0 Å². The molecule has 0 aliphatic heterocycles. The fraction of sp³-hybridized carbons (Fsp3) is 0.500. The van der Waals surface area contributed by atoms with Crippen molar-refractivity contribution in [2.45, 2.75) is 44.3 Å². The first-order valence-corrected chi connectivity index (χ1v) is 7.91. The van der Waals surface area contributed by atoms with Crippen molar-refractivity contribution in [1.82, 2.24) is 14.8 Å². The monoisotopic (exact) mass is 282 g/mol. The summed E-state index contributed by atoms with van der Waals surface area (Å²) in [5.41, 5.74) is 5.64. The number of thioether (sulfide) groups is 1. The molecule has 0 saturated carbocycles. The highest BCUT2D eigenvalue weighted by Crippen LogP contribution is 2.26. The van der Waals surface area contributed by atoms with E-state index in [1.54, 1.807) is 11.8 Å². The van der Waals surface area contributed by atoms with Gasteiger partial charge in [-0.15, -0.1) is 21.5 Å². The summed E-state index contributed by atoms with van der Waals surface area (Å²) in [5.74, 6) is 1.81. The third-order valence-corrected chi connectivity index (χ3v) is 5.13. The summed E-state index contributed by atoms with van der Waals surface area (Å²) in [6.07, 6.45) is 1.11. The van der Waals surface area contributed by atoms with Gasteiger partial charge < -0.3 is 10.3 Å². The van der Waals surface area contributed by atoms with E-state index in [-0.39, 0.29) is 0 Å². The van der Waals surface area contributed by atoms with Gasteiger partial charge in [0.15, 0.2) is 5.16 Å². The Balaban J connectivity index is 2.03. The van der Waals surface area contributed by atoms with Gasteiger partial charge in [0.1, 0.15) is 5.82 Å². The van der Waals surface area contributed by atoms with E-state index < -0.39 is 0 Å². The zero-order valence-corrected chi connectivity index (χ0v) is 12.4. The molecule has 4 nitrogen and oxygen atoms in total. The molecule has 0 aliphatic rings. The Labute approximate surface area is 116 Å². The van der Waals surface area contributed by atoms with Crippen molar-refractivity contribution in [3.63, 3.8) is 0 Å². The molecule has 2 heterocycles. The van der Waals surface area contributed by atoms with E-state index in [0.717, 1.165) is 29.7 Å². The molecule has 0 unspecified atom stereocenters. The van der Waals surface area contributed by atoms with Crippen LogP contribution in [0.25, 0.3) is 0 Å². The van der Waals surface area contributed by atoms with Gasteiger partial charge in [0, 0.05) is 22.1 Å². The number of hydrogen-bond acceptors (Lipinski definition) is 5. The van der Waals surface area contributed by atoms with Crippen molar-refractivity contribution >= 4 is 23.1 Å². The number of aromatic nitrogens is 3. The van der Waals surface area contributed by atoms with E-state index in [0.29, 0.717) is 6.54 Å². The van der Waals surface area contributed by atoms with Crippen molar-refractivity contribution < 1.29 is 0 Å². The predicted octanol–water partition coefficient (Wildman–Crippen LogP) is 2.67. The number of nitrogens with zero attached hydrogens (tertiary/aromatic N) is 3. The zero-order valence-electron chi connectivity index (χ0n) is 10.7. The molecule has 0 atom stereocenters. The molecule has 2 N–H and O–H groups in total. The van der Waals surface area contributed by atoms with Crippen LogP contribution in [-0.4, -0.2) is 14.8 Å². The van der Waals surface area contributed by atoms with Gasteiger partial charge in [0.05, 0.1) is 6.54 Å². The Morgan fingerprint density at radius 1 is 1.28 bits per heavy atom. The third-order valence-electron chi connectivity index (χ3n) is 2.70. The molecule has 0 radical (unpaired) electrons. The van der Waals surface area contributed by atoms with Crippen LogP contribution < -0.4 is 5.73 Å². The fourth-order valence-electron chi connectivity index (χ4n) is 1.72. The van der Waals surface area contributed by atoms with Gasteiger partial charge in [-0.1, -0.05) is 18.7 Å². The molecule has 0 aliphatic carbocycles. The lowest BCUT2D eigenvalue weighted by molar-refractivity contribution is 0.643. The summed E-state index contributed by atoms with van der Waals surface area (Å²) in [7, 11) is 0. The van der Waals surface area contributed by atoms with E-state index >= 15 is 0 Å². The number of thiophene rings is 1. The number of aryl methyl sites for hydroxylation is 1. The summed E-state index contributed by atoms with van der Waals surface area (Å²) < 4.78 is 2.08. The molecule has 0 bridgehead atoms. The predicted molar refractivity (Wildman–Crippen MR) is 76.8 cm³/mol. The Bertz CT molecular complexity index is 504. The molecule has 2 rings (SSSR count). The quantitative estimate of drug-likeness (QED) is 0.828. The standard InChI is InChI=1S/C12H18N4S2/c1-3-9-5-6-10(18-9)8-17-12-15-14-11(7-13)16(12)4-2/h5-6H,3-4,7-8,13H2,1-2H3. The highest BCUT2D eigenvalue weighted by molar-refractivity contribution is 7.98. The first-order chi connectivity index (χ1) is 8.78. The van der Waals surface area contributed by atoms with Gasteiger partial charge in [-0.3, -0.25) is 0 Å². The molecule has 18 heavy (non-hydrogen) atoms. The maximum absolute atomic E-state index is 5.64. The maximum Gasteiger partial charge on any atom is 0.191 e. The Morgan fingerprint density at radius 2 is 2.06 bits per heavy atom. The van der Waals surface area contributed by atoms with Crippen LogP contribution in [0.15, 0.2) is 17.3 Å². The van der Waals surface area contributed by atoms with Crippen LogP contribution in [0.2, 0.25) is 0 Å². The van der Waals surface area contributed by atoms with Gasteiger partial charge in [0.2, 0.25) is 0 Å². The summed E-state index contributed by atoms with van der Waals surface area (Å²) in [5, 5.41) is 9.27. The summed E-state index contributed by atoms with van der Waals surface area (Å²) in [6.45, 7) is 5.59. The first kappa shape index (κ1) is 13.6. The van der Waals surface area contributed by atoms with E-state index in [9.17, 15) is 0 Å². The Hall–Kier alpha value is -0.850. The highest BCUT2D eigenvalue weighted by Gasteiger charge is 2.10. The van der Waals surface area contributed by atoms with E-state index in [1.807, 2.05) is 11.3 Å². The smallest absolute Gasteiger partial charge is 0.191 e. The highest BCUT2D eigenvalue weighted by atomic mass is 32.2. The molecule has 0 fully saturated rings. The second-order valence-electron chi connectivity index (χ2n) is 3.86. The van der Waals surface area contributed by atoms with Crippen LogP contribution >= 0.6 is 23.1 Å². The molecule has 98 valence electrons. The molecule has 0 amide bonds. The molecular formula is C12H18N4S2. The maximum atomic E-state index is 5.64. The summed E-state index contributed by atoms with van der Waals surface area (Å²) >= 11 is 3.60. The van der Waals surface area contributed by atoms with Crippen LogP contribution in [0.4, 0.5) is 0 Å². The Kier molecular flexibility index (Phi) is 4.79. The molecule has 6 heteroatoms. The number of rotatable bonds is 6. The van der Waals surface area contributed by atoms with Gasteiger partial charge in [-0.05, 0) is 25.5 Å².